The lowest BCUT2D eigenvalue weighted by molar-refractivity contribution is -0.0884. The number of nitrogens with zero attached hydrogens (tertiary/aromatic N) is 1. The summed E-state index contributed by atoms with van der Waals surface area (Å²) in [6.07, 6.45) is -4.21. The van der Waals surface area contributed by atoms with Crippen LogP contribution in [0.25, 0.3) is 0 Å². The van der Waals surface area contributed by atoms with E-state index in [1.807, 2.05) is 0 Å². The van der Waals surface area contributed by atoms with Gasteiger partial charge in [0.15, 0.2) is 0 Å². The van der Waals surface area contributed by atoms with Gasteiger partial charge in [-0.2, -0.15) is 13.2 Å². The van der Waals surface area contributed by atoms with Crippen LogP contribution in [0.1, 0.15) is 10.4 Å². The molecule has 0 saturated carbocycles. The summed E-state index contributed by atoms with van der Waals surface area (Å²) in [7, 11) is 0. The number of carbonyl (C=O) groups excluding carboxylic acids is 1. The number of rotatable bonds is 1. The van der Waals surface area contributed by atoms with Crippen molar-refractivity contribution in [1.29, 1.82) is 0 Å². The van der Waals surface area contributed by atoms with Gasteiger partial charge in [-0.05, 0) is 0 Å². The van der Waals surface area contributed by atoms with Crippen molar-refractivity contribution >= 4 is 28.9 Å². The van der Waals surface area contributed by atoms with Gasteiger partial charge in [0.25, 0.3) is 5.78 Å². The molecule has 0 aliphatic rings. The molecule has 0 spiro atoms. The van der Waals surface area contributed by atoms with Gasteiger partial charge < -0.3 is 11.5 Å². The predicted octanol–water partition coefficient (Wildman–Crippen LogP) is 1.64. The molecule has 0 bridgehead atoms. The minimum Gasteiger partial charge on any atom is -0.395 e. The van der Waals surface area contributed by atoms with E-state index in [9.17, 15) is 18.0 Å². The van der Waals surface area contributed by atoms with Crippen molar-refractivity contribution in [3.05, 3.63) is 16.8 Å². The van der Waals surface area contributed by atoms with Crippen molar-refractivity contribution in [1.82, 2.24) is 4.98 Å². The number of alkyl halides is 3. The third-order valence-corrected chi connectivity index (χ3v) is 1.87. The molecular formula is C7H5ClF3N3O. The van der Waals surface area contributed by atoms with Gasteiger partial charge in [0, 0.05) is 6.20 Å². The zero-order valence-electron chi connectivity index (χ0n) is 7.10. The number of hydrogen-bond donors (Lipinski definition) is 2. The van der Waals surface area contributed by atoms with Gasteiger partial charge in [-0.25, -0.2) is 4.98 Å². The number of hydrogen-bond acceptors (Lipinski definition) is 4. The molecular weight excluding hydrogens is 235 g/mol. The normalized spacial score (nSPS) is 11.5. The molecule has 0 atom stereocenters. The molecule has 1 aromatic heterocycles. The topological polar surface area (TPSA) is 82.0 Å². The molecule has 0 aliphatic heterocycles. The molecule has 0 aliphatic carbocycles. The fourth-order valence-corrected chi connectivity index (χ4v) is 1.13. The standard InChI is InChI=1S/C7H5ClF3N3O/c8-2-1-14-6(13)4(12)3(2)5(15)7(9,10)11/h1H,12H2,(H2,13,14). The van der Waals surface area contributed by atoms with E-state index in [1.54, 1.807) is 0 Å². The summed E-state index contributed by atoms with van der Waals surface area (Å²) >= 11 is 5.38. The number of nitrogen functional groups attached to an aromatic ring is 2. The number of aromatic nitrogens is 1. The van der Waals surface area contributed by atoms with Crippen LogP contribution in [0.15, 0.2) is 6.20 Å². The number of Topliss-reactive ketones (excluding diaryl/α,β-unsaturated/α-hetero) is 1. The van der Waals surface area contributed by atoms with Crippen LogP contribution in [-0.4, -0.2) is 16.9 Å². The Morgan fingerprint density at radius 2 is 1.93 bits per heavy atom. The average Bonchev–Trinajstić information content (AvgIpc) is 2.10. The maximum Gasteiger partial charge on any atom is 0.455 e. The minimum absolute atomic E-state index is 0.369. The van der Waals surface area contributed by atoms with E-state index in [1.165, 1.54) is 0 Å². The largest absolute Gasteiger partial charge is 0.455 e. The van der Waals surface area contributed by atoms with Crippen molar-refractivity contribution in [2.75, 3.05) is 11.5 Å². The molecule has 0 radical (unpaired) electrons. The smallest absolute Gasteiger partial charge is 0.395 e. The van der Waals surface area contributed by atoms with Crippen molar-refractivity contribution in [2.24, 2.45) is 0 Å². The van der Waals surface area contributed by atoms with Gasteiger partial charge in [-0.15, -0.1) is 0 Å². The lowest BCUT2D eigenvalue weighted by atomic mass is 10.1. The second-order valence-corrected chi connectivity index (χ2v) is 3.01. The highest BCUT2D eigenvalue weighted by atomic mass is 35.5. The number of pyridine rings is 1. The van der Waals surface area contributed by atoms with Crippen molar-refractivity contribution in [3.63, 3.8) is 0 Å². The number of anilines is 2. The van der Waals surface area contributed by atoms with Crippen LogP contribution in [0, 0.1) is 0 Å². The molecule has 0 fully saturated rings. The van der Waals surface area contributed by atoms with Crippen LogP contribution in [0.2, 0.25) is 5.02 Å². The highest BCUT2D eigenvalue weighted by molar-refractivity contribution is 6.35. The number of carbonyl (C=O) groups is 1. The van der Waals surface area contributed by atoms with E-state index in [0.29, 0.717) is 0 Å². The van der Waals surface area contributed by atoms with Crippen LogP contribution in [0.5, 0.6) is 0 Å². The van der Waals surface area contributed by atoms with Crippen LogP contribution in [-0.2, 0) is 0 Å². The molecule has 15 heavy (non-hydrogen) atoms. The first-order valence-electron chi connectivity index (χ1n) is 3.56. The summed E-state index contributed by atoms with van der Waals surface area (Å²) in [6.45, 7) is 0. The fourth-order valence-electron chi connectivity index (χ4n) is 0.890. The maximum atomic E-state index is 12.1. The summed E-state index contributed by atoms with van der Waals surface area (Å²) in [5.41, 5.74) is 8.92. The van der Waals surface area contributed by atoms with Crippen LogP contribution < -0.4 is 11.5 Å². The maximum absolute atomic E-state index is 12.1. The molecule has 4 nitrogen and oxygen atoms in total. The summed E-state index contributed by atoms with van der Waals surface area (Å²) in [5.74, 6) is -2.51. The molecule has 0 unspecified atom stereocenters. The lowest BCUT2D eigenvalue weighted by Crippen LogP contribution is -2.24. The monoisotopic (exact) mass is 239 g/mol. The minimum atomic E-state index is -5.05. The Labute approximate surface area is 87.0 Å². The van der Waals surface area contributed by atoms with Gasteiger partial charge in [0.1, 0.15) is 5.82 Å². The van der Waals surface area contributed by atoms with E-state index >= 15 is 0 Å². The third kappa shape index (κ3) is 2.12. The summed E-state index contributed by atoms with van der Waals surface area (Å²) in [4.78, 5) is 14.3. The quantitative estimate of drug-likeness (QED) is 0.730. The van der Waals surface area contributed by atoms with Crippen molar-refractivity contribution < 1.29 is 18.0 Å². The molecule has 0 saturated heterocycles. The molecule has 4 N–H and O–H groups in total. The van der Waals surface area contributed by atoms with E-state index in [2.05, 4.69) is 4.98 Å². The summed E-state index contributed by atoms with van der Waals surface area (Å²) in [5, 5.41) is -0.482. The van der Waals surface area contributed by atoms with Crippen LogP contribution >= 0.6 is 11.6 Å². The van der Waals surface area contributed by atoms with Crippen molar-refractivity contribution in [3.8, 4) is 0 Å². The first kappa shape index (κ1) is 11.6. The fraction of sp³-hybridized carbons (Fsp3) is 0.143. The Balaban J connectivity index is 3.38. The Bertz CT molecular complexity index is 419. The Morgan fingerprint density at radius 3 is 2.40 bits per heavy atom. The van der Waals surface area contributed by atoms with Crippen LogP contribution in [0.4, 0.5) is 24.7 Å². The summed E-state index contributed by atoms with van der Waals surface area (Å²) < 4.78 is 36.3. The van der Waals surface area contributed by atoms with Gasteiger partial charge in [-0.3, -0.25) is 4.79 Å². The highest BCUT2D eigenvalue weighted by Crippen LogP contribution is 2.31. The molecule has 0 aromatic carbocycles. The molecule has 8 heteroatoms. The van der Waals surface area contributed by atoms with Gasteiger partial charge in [0.2, 0.25) is 0 Å². The molecule has 1 heterocycles. The molecule has 1 aromatic rings. The molecule has 0 amide bonds. The Morgan fingerprint density at radius 1 is 1.40 bits per heavy atom. The predicted molar refractivity (Wildman–Crippen MR) is 48.5 cm³/mol. The summed E-state index contributed by atoms with van der Waals surface area (Å²) in [6, 6.07) is 0. The van der Waals surface area contributed by atoms with E-state index < -0.39 is 28.2 Å². The lowest BCUT2D eigenvalue weighted by Gasteiger charge is -2.10. The van der Waals surface area contributed by atoms with Gasteiger partial charge in [-0.1, -0.05) is 11.6 Å². The number of ketones is 1. The van der Waals surface area contributed by atoms with E-state index in [4.69, 9.17) is 23.1 Å². The highest BCUT2D eigenvalue weighted by Gasteiger charge is 2.41. The van der Waals surface area contributed by atoms with Crippen molar-refractivity contribution in [2.45, 2.75) is 6.18 Å². The molecule has 1 rings (SSSR count). The second-order valence-electron chi connectivity index (χ2n) is 2.61. The zero-order chi connectivity index (χ0) is 11.8. The van der Waals surface area contributed by atoms with E-state index in [-0.39, 0.29) is 5.82 Å². The number of nitrogens with two attached hydrogens (primary N) is 2. The first-order valence-corrected chi connectivity index (χ1v) is 3.94. The van der Waals surface area contributed by atoms with Gasteiger partial charge in [0.05, 0.1) is 16.3 Å². The zero-order valence-corrected chi connectivity index (χ0v) is 7.86. The Kier molecular flexibility index (Phi) is 2.76. The first-order chi connectivity index (χ1) is 6.75. The number of halogens is 4. The third-order valence-electron chi connectivity index (χ3n) is 1.59. The second kappa shape index (κ2) is 3.58. The SMILES string of the molecule is Nc1ncc(Cl)c(C(=O)C(F)(F)F)c1N. The molecule has 82 valence electrons. The van der Waals surface area contributed by atoms with Gasteiger partial charge >= 0.3 is 6.18 Å². The Hall–Kier alpha value is -1.50. The van der Waals surface area contributed by atoms with Crippen LogP contribution in [0.3, 0.4) is 0 Å². The average molecular weight is 240 g/mol. The van der Waals surface area contributed by atoms with E-state index in [0.717, 1.165) is 6.20 Å².